The molecule has 3 aliphatic rings. The number of rotatable bonds is 68. The molecular formula is C87H155NO18. The van der Waals surface area contributed by atoms with E-state index in [1.54, 1.807) is 0 Å². The van der Waals surface area contributed by atoms with E-state index in [9.17, 15) is 61.0 Å². The number of aliphatic hydroxyl groups excluding tert-OH is 11. The number of hydrogen-bond acceptors (Lipinski definition) is 18. The summed E-state index contributed by atoms with van der Waals surface area (Å²) in [6, 6.07) is -0.894. The summed E-state index contributed by atoms with van der Waals surface area (Å²) < 4.78 is 34.6. The van der Waals surface area contributed by atoms with Gasteiger partial charge in [0.15, 0.2) is 18.9 Å². The van der Waals surface area contributed by atoms with E-state index in [0.717, 1.165) is 96.3 Å². The molecule has 19 nitrogen and oxygen atoms in total. The molecule has 3 rings (SSSR count). The second-order valence-electron chi connectivity index (χ2n) is 30.3. The number of carbonyl (C=O) groups is 1. The van der Waals surface area contributed by atoms with E-state index in [4.69, 9.17) is 28.4 Å². The summed E-state index contributed by atoms with van der Waals surface area (Å²) in [4.78, 5) is 13.5. The molecule has 1 amide bonds. The van der Waals surface area contributed by atoms with Gasteiger partial charge in [0.1, 0.15) is 73.2 Å². The van der Waals surface area contributed by atoms with Gasteiger partial charge in [0.05, 0.1) is 38.6 Å². The Kier molecular flexibility index (Phi) is 61.0. The van der Waals surface area contributed by atoms with Gasteiger partial charge in [-0.15, -0.1) is 0 Å². The third kappa shape index (κ3) is 45.5. The molecule has 3 saturated heterocycles. The summed E-state index contributed by atoms with van der Waals surface area (Å²) in [5.74, 6) is -0.243. The first-order valence-electron chi connectivity index (χ1n) is 42.8. The highest BCUT2D eigenvalue weighted by Gasteiger charge is 2.54. The molecule has 0 spiro atoms. The van der Waals surface area contributed by atoms with Crippen LogP contribution in [0.4, 0.5) is 0 Å². The smallest absolute Gasteiger partial charge is 0.220 e. The molecule has 17 atom stereocenters. The van der Waals surface area contributed by atoms with Crippen molar-refractivity contribution in [2.24, 2.45) is 0 Å². The van der Waals surface area contributed by atoms with Gasteiger partial charge in [-0.3, -0.25) is 4.79 Å². The molecule has 3 aliphatic heterocycles. The number of aliphatic hydroxyl groups is 11. The van der Waals surface area contributed by atoms with Gasteiger partial charge >= 0.3 is 0 Å². The quantitative estimate of drug-likeness (QED) is 0.0199. The van der Waals surface area contributed by atoms with Crippen molar-refractivity contribution in [3.05, 3.63) is 85.1 Å². The molecule has 0 aromatic heterocycles. The molecule has 3 heterocycles. The van der Waals surface area contributed by atoms with Crippen molar-refractivity contribution in [3.63, 3.8) is 0 Å². The first kappa shape index (κ1) is 97.2. The first-order valence-corrected chi connectivity index (χ1v) is 42.8. The Balaban J connectivity index is 1.34. The first-order chi connectivity index (χ1) is 51.8. The van der Waals surface area contributed by atoms with Gasteiger partial charge in [-0.2, -0.15) is 0 Å². The monoisotopic (exact) mass is 1500 g/mol. The largest absolute Gasteiger partial charge is 0.394 e. The van der Waals surface area contributed by atoms with Crippen LogP contribution in [0.2, 0.25) is 0 Å². The molecular weight excluding hydrogens is 1350 g/mol. The lowest BCUT2D eigenvalue weighted by Crippen LogP contribution is -2.66. The number of carbonyl (C=O) groups excluding carboxylic acids is 1. The highest BCUT2D eigenvalue weighted by atomic mass is 16.8. The van der Waals surface area contributed by atoms with Crippen LogP contribution < -0.4 is 5.32 Å². The highest BCUT2D eigenvalue weighted by Crippen LogP contribution is 2.33. The van der Waals surface area contributed by atoms with Crippen LogP contribution in [0.25, 0.3) is 0 Å². The second-order valence-corrected chi connectivity index (χ2v) is 30.3. The topological polar surface area (TPSA) is 307 Å². The Morgan fingerprint density at radius 2 is 0.651 bits per heavy atom. The molecule has 17 unspecified atom stereocenters. The minimum absolute atomic E-state index is 0.243. The molecule has 0 saturated carbocycles. The Hall–Kier alpha value is -3.03. The van der Waals surface area contributed by atoms with Crippen LogP contribution in [0.1, 0.15) is 328 Å². The van der Waals surface area contributed by atoms with Crippen LogP contribution in [0.5, 0.6) is 0 Å². The molecule has 0 aromatic carbocycles. The van der Waals surface area contributed by atoms with Gasteiger partial charge in [0.2, 0.25) is 5.91 Å². The number of amides is 1. The van der Waals surface area contributed by atoms with Crippen LogP contribution in [-0.2, 0) is 33.2 Å². The fraction of sp³-hybridized carbons (Fsp3) is 0.828. The minimum atomic E-state index is -1.98. The SMILES string of the molecule is CC/C=C\C/C=C\C/C=C\C/C=C\C/C=C\C/C=C\C/C=C\CCCCCCCCCCCCCCCC(=O)NC(COC1OC(CO)C(OC2OC(CO)C(OC3OC(CO)C(O)C(O)C3O)C(O)C2O)C(O)C1O)C(O)CCCCCCCCCCCCCCCCCCCCCCCCCCCC. The maximum atomic E-state index is 13.5. The van der Waals surface area contributed by atoms with E-state index >= 15 is 0 Å². The highest BCUT2D eigenvalue weighted by molar-refractivity contribution is 5.76. The van der Waals surface area contributed by atoms with Gasteiger partial charge in [0, 0.05) is 6.42 Å². The molecule has 12 N–H and O–H groups in total. The number of ether oxygens (including phenoxy) is 6. The van der Waals surface area contributed by atoms with Gasteiger partial charge in [-0.05, 0) is 70.6 Å². The summed E-state index contributed by atoms with van der Waals surface area (Å²) in [5, 5.41) is 121. The van der Waals surface area contributed by atoms with Gasteiger partial charge in [-0.25, -0.2) is 0 Å². The summed E-state index contributed by atoms with van der Waals surface area (Å²) in [5.41, 5.74) is 0. The van der Waals surface area contributed by atoms with Crippen molar-refractivity contribution in [2.45, 2.75) is 433 Å². The van der Waals surface area contributed by atoms with E-state index < -0.39 is 124 Å². The zero-order valence-corrected chi connectivity index (χ0v) is 66.2. The van der Waals surface area contributed by atoms with E-state index in [1.165, 1.54) is 199 Å². The second kappa shape index (κ2) is 66.6. The molecule has 0 bridgehead atoms. The van der Waals surface area contributed by atoms with Gasteiger partial charge < -0.3 is 89.9 Å². The van der Waals surface area contributed by atoms with E-state index in [0.29, 0.717) is 12.8 Å². The zero-order valence-electron chi connectivity index (χ0n) is 66.2. The number of allylic oxidation sites excluding steroid dienone is 14. The van der Waals surface area contributed by atoms with Crippen molar-refractivity contribution in [1.29, 1.82) is 0 Å². The molecule has 106 heavy (non-hydrogen) atoms. The minimum Gasteiger partial charge on any atom is -0.394 e. The Labute approximate surface area is 641 Å². The fourth-order valence-corrected chi connectivity index (χ4v) is 14.2. The molecule has 0 aromatic rings. The van der Waals surface area contributed by atoms with Crippen molar-refractivity contribution >= 4 is 5.91 Å². The lowest BCUT2D eigenvalue weighted by molar-refractivity contribution is -0.379. The number of unbranched alkanes of at least 4 members (excludes halogenated alkanes) is 38. The van der Waals surface area contributed by atoms with Gasteiger partial charge in [-0.1, -0.05) is 336 Å². The maximum Gasteiger partial charge on any atom is 0.220 e. The van der Waals surface area contributed by atoms with Crippen molar-refractivity contribution in [2.75, 3.05) is 26.4 Å². The Bertz CT molecular complexity index is 2240. The number of nitrogens with one attached hydrogen (secondary N) is 1. The number of hydrogen-bond donors (Lipinski definition) is 12. The zero-order chi connectivity index (χ0) is 76.7. The Morgan fingerprint density at radius 1 is 0.349 bits per heavy atom. The average Bonchev–Trinajstić information content (AvgIpc) is 0.779. The van der Waals surface area contributed by atoms with E-state index in [2.05, 4.69) is 104 Å². The van der Waals surface area contributed by atoms with Crippen molar-refractivity contribution in [3.8, 4) is 0 Å². The van der Waals surface area contributed by atoms with Crippen LogP contribution in [0.15, 0.2) is 85.1 Å². The van der Waals surface area contributed by atoms with Crippen molar-refractivity contribution < 1.29 is 89.4 Å². The molecule has 3 fully saturated rings. The summed E-state index contributed by atoms with van der Waals surface area (Å²) in [6.45, 7) is 1.73. The average molecular weight is 1500 g/mol. The summed E-state index contributed by atoms with van der Waals surface area (Å²) in [7, 11) is 0. The lowest BCUT2D eigenvalue weighted by atomic mass is 9.96. The lowest BCUT2D eigenvalue weighted by Gasteiger charge is -2.48. The predicted octanol–water partition coefficient (Wildman–Crippen LogP) is 15.3. The van der Waals surface area contributed by atoms with Crippen LogP contribution in [-0.4, -0.2) is 193 Å². The normalized spacial score (nSPS) is 26.1. The summed E-state index contributed by atoms with van der Waals surface area (Å²) >= 11 is 0. The third-order valence-electron chi connectivity index (χ3n) is 21.0. The molecule has 0 radical (unpaired) electrons. The molecule has 616 valence electrons. The molecule has 19 heteroatoms. The van der Waals surface area contributed by atoms with E-state index in [1.807, 2.05) is 0 Å². The van der Waals surface area contributed by atoms with Crippen LogP contribution in [0.3, 0.4) is 0 Å². The van der Waals surface area contributed by atoms with E-state index in [-0.39, 0.29) is 18.9 Å². The third-order valence-corrected chi connectivity index (χ3v) is 21.0. The van der Waals surface area contributed by atoms with Crippen LogP contribution >= 0.6 is 0 Å². The van der Waals surface area contributed by atoms with Crippen LogP contribution in [0, 0.1) is 0 Å². The Morgan fingerprint density at radius 3 is 1.02 bits per heavy atom. The van der Waals surface area contributed by atoms with Crippen molar-refractivity contribution in [1.82, 2.24) is 5.32 Å². The molecule has 0 aliphatic carbocycles. The van der Waals surface area contributed by atoms with Gasteiger partial charge in [0.25, 0.3) is 0 Å². The summed E-state index contributed by atoms with van der Waals surface area (Å²) in [6.07, 6.45) is 62.4. The standard InChI is InChI=1S/C87H155NO18/c1-3-5-7-9-11-13-15-17-19-21-23-25-27-29-31-32-33-34-35-36-37-38-39-41-43-45-47-49-51-53-55-57-59-61-63-65-75(93)88-70(71(92)64-62-60-58-56-54-52-50-48-46-44-42-40-30-28-26-24-22-20-18-16-14-12-10-8-6-4-2)69-101-85-81(99)78(96)83(73(67-90)103-85)106-87-82(100)79(97)84(74(68-91)104-87)105-86-80(98)77(95)76(94)72(66-89)102-86/h5,7,11,13,17,19,23,25,29,31,33-34,36-37,70-74,76-87,89-92,94-100H,3-4,6,8-10,12,14-16,18,20-22,24,26-28,30,32,35,38-69H2,1-2H3,(H,88,93)/b7-5-,13-11-,19-17-,25-23-,31-29-,34-33-,37-36-. The fourth-order valence-electron chi connectivity index (χ4n) is 14.2. The predicted molar refractivity (Wildman–Crippen MR) is 424 cm³/mol. The maximum absolute atomic E-state index is 13.5.